The Labute approximate surface area is 180 Å². The third-order valence-corrected chi connectivity index (χ3v) is 9.29. The molecule has 1 aromatic rings. The first-order chi connectivity index (χ1) is 9.97. The number of halogens is 4. The molecule has 0 bridgehead atoms. The number of rotatable bonds is 5. The molecule has 0 unspecified atom stereocenters. The summed E-state index contributed by atoms with van der Waals surface area (Å²) in [4.78, 5) is 23.4. The lowest BCUT2D eigenvalue weighted by Crippen LogP contribution is -2.19. The van der Waals surface area contributed by atoms with Crippen molar-refractivity contribution in [3.8, 4) is 0 Å². The summed E-state index contributed by atoms with van der Waals surface area (Å²) in [6.45, 7) is -0.551. The maximum absolute atomic E-state index is 12.1. The van der Waals surface area contributed by atoms with Gasteiger partial charge in [-0.25, -0.2) is 18.0 Å². The van der Waals surface area contributed by atoms with Gasteiger partial charge in [-0.2, -0.15) is 0 Å². The molecule has 0 fully saturated rings. The zero-order chi connectivity index (χ0) is 17.2. The summed E-state index contributed by atoms with van der Waals surface area (Å²) in [5.74, 6) is -2.72. The summed E-state index contributed by atoms with van der Waals surface area (Å²) < 4.78 is 37.8. The van der Waals surface area contributed by atoms with Crippen LogP contribution in [0.1, 0.15) is 20.7 Å². The van der Waals surface area contributed by atoms with Crippen LogP contribution >= 0.6 is 90.4 Å². The Morgan fingerprint density at radius 2 is 1.41 bits per heavy atom. The van der Waals surface area contributed by atoms with Crippen molar-refractivity contribution < 1.29 is 32.4 Å². The fourth-order valence-corrected chi connectivity index (χ4v) is 5.69. The van der Waals surface area contributed by atoms with Crippen LogP contribution in [0.5, 0.6) is 0 Å². The number of aromatic carboxylic acids is 1. The second-order valence-electron chi connectivity index (χ2n) is 3.71. The van der Waals surface area contributed by atoms with Crippen molar-refractivity contribution in [2.45, 2.75) is 0 Å². The van der Waals surface area contributed by atoms with Gasteiger partial charge in [0.15, 0.2) is 0 Å². The van der Waals surface area contributed by atoms with E-state index in [0.29, 0.717) is 14.3 Å². The van der Waals surface area contributed by atoms with Crippen LogP contribution in [0, 0.1) is 14.3 Å². The fraction of sp³-hybridized carbons (Fsp3) is 0.200. The van der Waals surface area contributed by atoms with Gasteiger partial charge in [0, 0.05) is 14.3 Å². The first-order valence-electron chi connectivity index (χ1n) is 5.17. The summed E-state index contributed by atoms with van der Waals surface area (Å²) in [7, 11) is -4.47. The van der Waals surface area contributed by atoms with E-state index in [2.05, 4.69) is 0 Å². The van der Waals surface area contributed by atoms with Crippen LogP contribution < -0.4 is 0 Å². The zero-order valence-electron chi connectivity index (χ0n) is 10.2. The Hall–Kier alpha value is 0.990. The van der Waals surface area contributed by atoms with Gasteiger partial charge in [-0.1, -0.05) is 0 Å². The molecule has 0 spiro atoms. The number of carboxylic acid groups (broad SMARTS) is 1. The van der Waals surface area contributed by atoms with Gasteiger partial charge in [0.2, 0.25) is 0 Å². The Morgan fingerprint density at radius 3 is 1.77 bits per heavy atom. The van der Waals surface area contributed by atoms with E-state index in [1.54, 1.807) is 0 Å². The minimum atomic E-state index is -4.47. The lowest BCUT2D eigenvalue weighted by molar-refractivity contribution is 0.0523. The quantitative estimate of drug-likeness (QED) is 0.211. The zero-order valence-corrected chi connectivity index (χ0v) is 19.7. The maximum atomic E-state index is 12.1. The highest BCUT2D eigenvalue weighted by molar-refractivity contribution is 14.1. The number of hydrogen-bond donors (Lipinski definition) is 1. The van der Waals surface area contributed by atoms with Gasteiger partial charge in [0.25, 0.3) is 0 Å². The van der Waals surface area contributed by atoms with Crippen molar-refractivity contribution in [1.29, 1.82) is 0 Å². The molecule has 0 saturated heterocycles. The molecule has 0 aliphatic rings. The molecule has 1 N–H and O–H groups in total. The molecule has 7 nitrogen and oxygen atoms in total. The first kappa shape index (κ1) is 21.0. The molecular formula is C10H5I4O7S-. The molecule has 1 aromatic carbocycles. The van der Waals surface area contributed by atoms with Crippen molar-refractivity contribution in [3.05, 3.63) is 25.4 Å². The highest BCUT2D eigenvalue weighted by atomic mass is 127. The monoisotopic (exact) mass is 777 g/mol. The van der Waals surface area contributed by atoms with Crippen molar-refractivity contribution >= 4 is 112 Å². The van der Waals surface area contributed by atoms with Gasteiger partial charge in [-0.05, 0) is 90.4 Å². The maximum Gasteiger partial charge on any atom is 0.340 e. The van der Waals surface area contributed by atoms with Crippen molar-refractivity contribution in [3.63, 3.8) is 0 Å². The number of hydrogen-bond acceptors (Lipinski definition) is 6. The van der Waals surface area contributed by atoms with Crippen LogP contribution in [0.25, 0.3) is 0 Å². The molecular weight excluding hydrogens is 772 g/mol. The minimum Gasteiger partial charge on any atom is -0.748 e. The van der Waals surface area contributed by atoms with Gasteiger partial charge < -0.3 is 14.4 Å². The van der Waals surface area contributed by atoms with Gasteiger partial charge in [0.1, 0.15) is 6.61 Å². The lowest BCUT2D eigenvalue weighted by atomic mass is 10.1. The molecule has 0 amide bonds. The van der Waals surface area contributed by atoms with Gasteiger partial charge in [-0.3, -0.25) is 0 Å². The van der Waals surface area contributed by atoms with Crippen molar-refractivity contribution in [2.24, 2.45) is 0 Å². The SMILES string of the molecule is O=C(O)c1c(I)c(I)c(C(=O)OCCS(=O)(=O)[O-])c(I)c1I. The largest absolute Gasteiger partial charge is 0.748 e. The summed E-state index contributed by atoms with van der Waals surface area (Å²) >= 11 is 7.30. The molecule has 0 aromatic heterocycles. The van der Waals surface area contributed by atoms with E-state index < -0.39 is 34.4 Å². The molecule has 1 rings (SSSR count). The number of carbonyl (C=O) groups excluding carboxylic acids is 1. The molecule has 0 atom stereocenters. The van der Waals surface area contributed by atoms with E-state index in [1.807, 2.05) is 90.4 Å². The Morgan fingerprint density at radius 1 is 1.00 bits per heavy atom. The summed E-state index contributed by atoms with van der Waals surface area (Å²) in [5, 5.41) is 9.22. The molecule has 0 radical (unpaired) electrons. The van der Waals surface area contributed by atoms with Crippen LogP contribution in [-0.4, -0.2) is 42.4 Å². The topological polar surface area (TPSA) is 121 Å². The Kier molecular flexibility index (Phi) is 8.02. The minimum absolute atomic E-state index is 0.0914. The third kappa shape index (κ3) is 5.24. The number of carboxylic acids is 1. The fourth-order valence-electron chi connectivity index (χ4n) is 1.31. The predicted octanol–water partition coefficient (Wildman–Crippen LogP) is 2.51. The smallest absolute Gasteiger partial charge is 0.340 e. The first-order valence-corrected chi connectivity index (χ1v) is 11.1. The van der Waals surface area contributed by atoms with Gasteiger partial charge in [-0.15, -0.1) is 0 Å². The number of carbonyl (C=O) groups is 2. The second kappa shape index (κ2) is 8.39. The summed E-state index contributed by atoms with van der Waals surface area (Å²) in [5.41, 5.74) is 0.247. The average molecular weight is 777 g/mol. The molecule has 122 valence electrons. The molecule has 12 heteroatoms. The highest BCUT2D eigenvalue weighted by Gasteiger charge is 2.27. The standard InChI is InChI=1S/C10H6I4O7S/c11-5-3(9(15)16)6(12)8(14)4(7(5)13)10(17)21-1-2-22(18,19)20/h1-2H2,(H,15,16)(H,18,19,20)/p-1. The number of esters is 1. The van der Waals surface area contributed by atoms with E-state index in [1.165, 1.54) is 0 Å². The molecule has 22 heavy (non-hydrogen) atoms. The average Bonchev–Trinajstić information content (AvgIpc) is 2.35. The van der Waals surface area contributed by atoms with Crippen LogP contribution in [0.15, 0.2) is 0 Å². The van der Waals surface area contributed by atoms with E-state index in [0.717, 1.165) is 0 Å². The van der Waals surface area contributed by atoms with Crippen LogP contribution in [0.4, 0.5) is 0 Å². The lowest BCUT2D eigenvalue weighted by Gasteiger charge is -2.14. The van der Waals surface area contributed by atoms with E-state index in [-0.39, 0.29) is 11.1 Å². The van der Waals surface area contributed by atoms with Crippen LogP contribution in [0.3, 0.4) is 0 Å². The van der Waals surface area contributed by atoms with E-state index >= 15 is 0 Å². The normalized spacial score (nSPS) is 11.3. The highest BCUT2D eigenvalue weighted by Crippen LogP contribution is 2.33. The van der Waals surface area contributed by atoms with E-state index in [9.17, 15) is 27.7 Å². The van der Waals surface area contributed by atoms with Crippen molar-refractivity contribution in [1.82, 2.24) is 0 Å². The summed E-state index contributed by atoms with van der Waals surface area (Å²) in [6.07, 6.45) is 0. The van der Waals surface area contributed by atoms with Crippen molar-refractivity contribution in [2.75, 3.05) is 12.4 Å². The molecule has 0 saturated carbocycles. The Bertz CT molecular complexity index is 715. The third-order valence-electron chi connectivity index (χ3n) is 2.25. The van der Waals surface area contributed by atoms with Crippen LogP contribution in [0.2, 0.25) is 0 Å². The van der Waals surface area contributed by atoms with Gasteiger partial charge in [0.05, 0.1) is 27.0 Å². The predicted molar refractivity (Wildman–Crippen MR) is 109 cm³/mol. The van der Waals surface area contributed by atoms with Crippen LogP contribution in [-0.2, 0) is 14.9 Å². The van der Waals surface area contributed by atoms with E-state index in [4.69, 9.17) is 4.74 Å². The Balaban J connectivity index is 3.21. The number of benzene rings is 1. The molecule has 0 aliphatic carbocycles. The summed E-state index contributed by atoms with van der Waals surface area (Å²) in [6, 6.07) is 0. The molecule has 0 aliphatic heterocycles. The number of ether oxygens (including phenoxy) is 1. The molecule has 0 heterocycles. The van der Waals surface area contributed by atoms with Gasteiger partial charge >= 0.3 is 11.9 Å². The second-order valence-corrected chi connectivity index (χ2v) is 9.55.